The quantitative estimate of drug-likeness (QED) is 0.631. The lowest BCUT2D eigenvalue weighted by Crippen LogP contribution is -2.45. The molecule has 3 rings (SSSR count). The van der Waals surface area contributed by atoms with E-state index in [1.54, 1.807) is 0 Å². The van der Waals surface area contributed by atoms with Crippen LogP contribution in [0.2, 0.25) is 0 Å². The summed E-state index contributed by atoms with van der Waals surface area (Å²) >= 11 is 0. The van der Waals surface area contributed by atoms with Gasteiger partial charge in [0.05, 0.1) is 6.54 Å². The zero-order valence-corrected chi connectivity index (χ0v) is 13.2. The molecule has 1 fully saturated rings. The molecule has 0 saturated carbocycles. The summed E-state index contributed by atoms with van der Waals surface area (Å²) in [5.41, 5.74) is 0.739. The van der Waals surface area contributed by atoms with Gasteiger partial charge in [0.15, 0.2) is 0 Å². The van der Waals surface area contributed by atoms with E-state index in [0.29, 0.717) is 12.8 Å². The van der Waals surface area contributed by atoms with Crippen LogP contribution >= 0.6 is 0 Å². The van der Waals surface area contributed by atoms with E-state index in [1.807, 2.05) is 24.3 Å². The Bertz CT molecular complexity index is 733. The molecule has 1 atom stereocenters. The van der Waals surface area contributed by atoms with Gasteiger partial charge in [-0.25, -0.2) is 4.79 Å². The summed E-state index contributed by atoms with van der Waals surface area (Å²) in [5, 5.41) is 7.49. The van der Waals surface area contributed by atoms with Crippen LogP contribution in [0, 0.1) is 0 Å². The fourth-order valence-corrected chi connectivity index (χ4v) is 3.20. The highest BCUT2D eigenvalue weighted by atomic mass is 16.2. The van der Waals surface area contributed by atoms with E-state index in [9.17, 15) is 19.2 Å². The van der Waals surface area contributed by atoms with Gasteiger partial charge >= 0.3 is 6.03 Å². The number of hydrogen-bond acceptors (Lipinski definition) is 4. The van der Waals surface area contributed by atoms with Gasteiger partial charge < -0.3 is 16.0 Å². The van der Waals surface area contributed by atoms with Crippen molar-refractivity contribution in [2.24, 2.45) is 0 Å². The van der Waals surface area contributed by atoms with Crippen molar-refractivity contribution in [3.05, 3.63) is 35.4 Å². The smallest absolute Gasteiger partial charge is 0.325 e. The van der Waals surface area contributed by atoms with Crippen molar-refractivity contribution >= 4 is 23.8 Å². The summed E-state index contributed by atoms with van der Waals surface area (Å²) in [5.74, 6) is -1.35. The van der Waals surface area contributed by atoms with Gasteiger partial charge in [0.25, 0.3) is 5.91 Å². The average Bonchev–Trinajstić information content (AvgIpc) is 3.07. The van der Waals surface area contributed by atoms with Crippen LogP contribution in [0.4, 0.5) is 4.79 Å². The lowest BCUT2D eigenvalue weighted by Gasteiger charge is -2.22. The number of urea groups is 1. The van der Waals surface area contributed by atoms with E-state index in [2.05, 4.69) is 16.0 Å². The Morgan fingerprint density at radius 3 is 2.75 bits per heavy atom. The van der Waals surface area contributed by atoms with Crippen LogP contribution in [-0.4, -0.2) is 48.8 Å². The molecule has 1 spiro atoms. The second-order valence-electron chi connectivity index (χ2n) is 5.83. The van der Waals surface area contributed by atoms with Crippen molar-refractivity contribution in [3.63, 3.8) is 0 Å². The first kappa shape index (κ1) is 16.0. The zero-order valence-electron chi connectivity index (χ0n) is 13.2. The number of carbonyl (C=O) groups excluding carboxylic acids is 4. The lowest BCUT2D eigenvalue weighted by atomic mass is 9.92. The van der Waals surface area contributed by atoms with E-state index < -0.39 is 29.9 Å². The highest BCUT2D eigenvalue weighted by Gasteiger charge is 2.55. The predicted molar refractivity (Wildman–Crippen MR) is 83.8 cm³/mol. The number of carbonyl (C=O) groups is 4. The van der Waals surface area contributed by atoms with Gasteiger partial charge in [-0.15, -0.1) is 0 Å². The number of nitrogens with one attached hydrogen (secondary N) is 3. The van der Waals surface area contributed by atoms with Crippen molar-refractivity contribution in [1.29, 1.82) is 0 Å². The first-order valence-corrected chi connectivity index (χ1v) is 7.68. The maximum Gasteiger partial charge on any atom is 0.325 e. The number of rotatable bonds is 4. The Morgan fingerprint density at radius 1 is 1.25 bits per heavy atom. The molecular formula is C16H18N4O4. The van der Waals surface area contributed by atoms with Crippen molar-refractivity contribution < 1.29 is 19.2 Å². The number of benzene rings is 1. The Kier molecular flexibility index (Phi) is 3.96. The van der Waals surface area contributed by atoms with Crippen molar-refractivity contribution in [3.8, 4) is 0 Å². The fourth-order valence-electron chi connectivity index (χ4n) is 3.20. The molecule has 1 aromatic rings. The minimum Gasteiger partial charge on any atom is -0.358 e. The van der Waals surface area contributed by atoms with Gasteiger partial charge in [0.2, 0.25) is 11.8 Å². The van der Waals surface area contributed by atoms with Crippen molar-refractivity contribution in [2.45, 2.75) is 18.4 Å². The molecule has 1 aliphatic carbocycles. The topological polar surface area (TPSA) is 108 Å². The zero-order chi connectivity index (χ0) is 17.3. The minimum atomic E-state index is -1.07. The second kappa shape index (κ2) is 5.95. The number of nitrogens with zero attached hydrogens (tertiary/aromatic N) is 1. The van der Waals surface area contributed by atoms with E-state index in [4.69, 9.17) is 0 Å². The molecule has 1 saturated heterocycles. The predicted octanol–water partition coefficient (Wildman–Crippen LogP) is -0.758. The van der Waals surface area contributed by atoms with Gasteiger partial charge in [-0.05, 0) is 24.0 Å². The van der Waals surface area contributed by atoms with Gasteiger partial charge in [-0.1, -0.05) is 24.3 Å². The molecular weight excluding hydrogens is 312 g/mol. The maximum absolute atomic E-state index is 12.8. The van der Waals surface area contributed by atoms with E-state index in [1.165, 1.54) is 7.05 Å². The molecule has 24 heavy (non-hydrogen) atoms. The summed E-state index contributed by atoms with van der Waals surface area (Å²) in [4.78, 5) is 49.0. The van der Waals surface area contributed by atoms with Crippen molar-refractivity contribution in [2.75, 3.05) is 20.1 Å². The Morgan fingerprint density at radius 2 is 2.00 bits per heavy atom. The van der Waals surface area contributed by atoms with E-state index >= 15 is 0 Å². The van der Waals surface area contributed by atoms with Gasteiger partial charge in [0, 0.05) is 7.05 Å². The third-order valence-corrected chi connectivity index (χ3v) is 4.45. The largest absolute Gasteiger partial charge is 0.358 e. The van der Waals surface area contributed by atoms with Gasteiger partial charge in [-0.2, -0.15) is 0 Å². The number of amides is 5. The standard InChI is InChI=1S/C16H18N4O4/c1-17-12(21)8-18-13(22)9-20-14(23)16(19-15(20)24)7-6-10-4-2-3-5-11(10)16/h2-5H,6-9H2,1H3,(H,17,21)(H,18,22)(H,19,24)/t16-/m0/s1. The molecule has 126 valence electrons. The average molecular weight is 330 g/mol. The van der Waals surface area contributed by atoms with Crippen LogP contribution in [0.3, 0.4) is 0 Å². The summed E-state index contributed by atoms with van der Waals surface area (Å²) in [6.45, 7) is -0.613. The highest BCUT2D eigenvalue weighted by Crippen LogP contribution is 2.41. The SMILES string of the molecule is CNC(=O)CNC(=O)CN1C(=O)N[C@]2(CCc3ccccc32)C1=O. The lowest BCUT2D eigenvalue weighted by molar-refractivity contribution is -0.135. The van der Waals surface area contributed by atoms with Crippen LogP contribution in [0.5, 0.6) is 0 Å². The Labute approximate surface area is 138 Å². The van der Waals surface area contributed by atoms with Crippen molar-refractivity contribution in [1.82, 2.24) is 20.9 Å². The first-order valence-electron chi connectivity index (χ1n) is 7.68. The fraction of sp³-hybridized carbons (Fsp3) is 0.375. The number of likely N-dealkylation sites (N-methyl/N-ethyl adjacent to an activating group) is 1. The Hall–Kier alpha value is -2.90. The number of imide groups is 1. The summed E-state index contributed by atoms with van der Waals surface area (Å²) in [6.07, 6.45) is 1.17. The van der Waals surface area contributed by atoms with Gasteiger partial charge in [-0.3, -0.25) is 19.3 Å². The molecule has 2 aliphatic rings. The van der Waals surface area contributed by atoms with Crippen LogP contribution in [0.1, 0.15) is 17.5 Å². The highest BCUT2D eigenvalue weighted by molar-refractivity contribution is 6.10. The van der Waals surface area contributed by atoms with Gasteiger partial charge in [0.1, 0.15) is 12.1 Å². The molecule has 8 heteroatoms. The summed E-state index contributed by atoms with van der Waals surface area (Å²) in [7, 11) is 1.45. The molecule has 1 heterocycles. The molecule has 1 aromatic carbocycles. The molecule has 0 bridgehead atoms. The van der Waals surface area contributed by atoms with Crippen LogP contribution < -0.4 is 16.0 Å². The summed E-state index contributed by atoms with van der Waals surface area (Å²) < 4.78 is 0. The molecule has 0 aromatic heterocycles. The number of fused-ring (bicyclic) bond motifs is 2. The third-order valence-electron chi connectivity index (χ3n) is 4.45. The van der Waals surface area contributed by atoms with E-state index in [0.717, 1.165) is 16.0 Å². The minimum absolute atomic E-state index is 0.201. The Balaban J connectivity index is 1.74. The maximum atomic E-state index is 12.8. The second-order valence-corrected chi connectivity index (χ2v) is 5.83. The normalized spacial score (nSPS) is 21.6. The number of aryl methyl sites for hydroxylation is 1. The third kappa shape index (κ3) is 2.49. The molecule has 5 amide bonds. The van der Waals surface area contributed by atoms with E-state index in [-0.39, 0.29) is 12.5 Å². The molecule has 0 radical (unpaired) electrons. The van der Waals surface area contributed by atoms with Crippen LogP contribution in [-0.2, 0) is 26.3 Å². The monoisotopic (exact) mass is 330 g/mol. The first-order chi connectivity index (χ1) is 11.5. The number of hydrogen-bond donors (Lipinski definition) is 3. The molecule has 3 N–H and O–H groups in total. The van der Waals surface area contributed by atoms with Crippen LogP contribution in [0.15, 0.2) is 24.3 Å². The van der Waals surface area contributed by atoms with Crippen LogP contribution in [0.25, 0.3) is 0 Å². The molecule has 8 nitrogen and oxygen atoms in total. The molecule has 1 aliphatic heterocycles. The summed E-state index contributed by atoms with van der Waals surface area (Å²) in [6, 6.07) is 6.89. The molecule has 0 unspecified atom stereocenters.